The highest BCUT2D eigenvalue weighted by Gasteiger charge is 2.24. The molecule has 0 aromatic carbocycles. The first kappa shape index (κ1) is 12.5. The zero-order valence-electron chi connectivity index (χ0n) is 9.74. The largest absolute Gasteiger partial charge is 0.325 e. The Bertz CT molecular complexity index is 410. The highest BCUT2D eigenvalue weighted by Crippen LogP contribution is 2.23. The number of nitrogens with zero attached hydrogens (tertiary/aromatic N) is 1. The second kappa shape index (κ2) is 5.60. The lowest BCUT2D eigenvalue weighted by Gasteiger charge is -2.27. The number of nitrogens with one attached hydrogen (secondary N) is 2. The van der Waals surface area contributed by atoms with Gasteiger partial charge in [0, 0.05) is 24.4 Å². The van der Waals surface area contributed by atoms with E-state index in [1.165, 1.54) is 0 Å². The molecule has 1 aliphatic heterocycles. The molecule has 1 aromatic heterocycles. The Morgan fingerprint density at radius 1 is 1.65 bits per heavy atom. The van der Waals surface area contributed by atoms with Gasteiger partial charge in [-0.3, -0.25) is 9.78 Å². The van der Waals surface area contributed by atoms with E-state index in [9.17, 15) is 4.79 Å². The Balaban J connectivity index is 1.99. The Labute approximate surface area is 109 Å². The molecule has 5 heteroatoms. The maximum Gasteiger partial charge on any atom is 0.227 e. The van der Waals surface area contributed by atoms with E-state index in [0.29, 0.717) is 6.04 Å². The van der Waals surface area contributed by atoms with Gasteiger partial charge in [-0.25, -0.2) is 0 Å². The third-order valence-corrected chi connectivity index (χ3v) is 3.66. The molecule has 17 heavy (non-hydrogen) atoms. The number of halogens is 1. The summed E-state index contributed by atoms with van der Waals surface area (Å²) in [5, 5.41) is 6.29. The van der Waals surface area contributed by atoms with Crippen molar-refractivity contribution in [2.45, 2.75) is 25.8 Å². The number of carbonyl (C=O) groups is 1. The molecule has 1 aromatic rings. The molecule has 1 amide bonds. The van der Waals surface area contributed by atoms with Crippen molar-refractivity contribution in [3.63, 3.8) is 0 Å². The molecule has 92 valence electrons. The van der Waals surface area contributed by atoms with Crippen molar-refractivity contribution < 1.29 is 4.79 Å². The maximum atomic E-state index is 12.1. The second-order valence-corrected chi connectivity index (χ2v) is 5.28. The van der Waals surface area contributed by atoms with Gasteiger partial charge in [-0.2, -0.15) is 0 Å². The van der Waals surface area contributed by atoms with Crippen molar-refractivity contribution in [2.75, 3.05) is 11.9 Å². The van der Waals surface area contributed by atoms with Crippen molar-refractivity contribution in [3.8, 4) is 0 Å². The van der Waals surface area contributed by atoms with Crippen molar-refractivity contribution in [2.24, 2.45) is 5.92 Å². The van der Waals surface area contributed by atoms with Crippen LogP contribution in [-0.4, -0.2) is 23.5 Å². The lowest BCUT2D eigenvalue weighted by Crippen LogP contribution is -2.40. The highest BCUT2D eigenvalue weighted by molar-refractivity contribution is 9.10. The average Bonchev–Trinajstić information content (AvgIpc) is 2.32. The van der Waals surface area contributed by atoms with Gasteiger partial charge < -0.3 is 10.6 Å². The lowest BCUT2D eigenvalue weighted by molar-refractivity contribution is -0.120. The van der Waals surface area contributed by atoms with Gasteiger partial charge >= 0.3 is 0 Å². The number of hydrogen-bond donors (Lipinski definition) is 2. The quantitative estimate of drug-likeness (QED) is 0.880. The van der Waals surface area contributed by atoms with Crippen LogP contribution in [0.25, 0.3) is 0 Å². The lowest BCUT2D eigenvalue weighted by atomic mass is 9.92. The van der Waals surface area contributed by atoms with Crippen LogP contribution in [0.4, 0.5) is 5.69 Å². The molecule has 2 atom stereocenters. The number of piperidine rings is 1. The summed E-state index contributed by atoms with van der Waals surface area (Å²) in [6.07, 6.45) is 5.15. The zero-order valence-corrected chi connectivity index (χ0v) is 11.3. The molecule has 0 saturated carbocycles. The van der Waals surface area contributed by atoms with Gasteiger partial charge in [-0.1, -0.05) is 0 Å². The molecular formula is C12H16BrN3O. The van der Waals surface area contributed by atoms with E-state index < -0.39 is 0 Å². The Kier molecular flexibility index (Phi) is 4.12. The fourth-order valence-electron chi connectivity index (χ4n) is 2.08. The minimum Gasteiger partial charge on any atom is -0.325 e. The summed E-state index contributed by atoms with van der Waals surface area (Å²) < 4.78 is 0.815. The third-order valence-electron chi connectivity index (χ3n) is 3.02. The normalized spacial score (nSPS) is 24.4. The topological polar surface area (TPSA) is 54.0 Å². The number of anilines is 1. The molecule has 0 spiro atoms. The first-order chi connectivity index (χ1) is 8.16. The molecule has 2 unspecified atom stereocenters. The average molecular weight is 298 g/mol. The molecule has 4 nitrogen and oxygen atoms in total. The van der Waals surface area contributed by atoms with E-state index in [1.54, 1.807) is 18.5 Å². The molecule has 1 fully saturated rings. The molecule has 2 rings (SSSR count). The minimum absolute atomic E-state index is 0.102. The maximum absolute atomic E-state index is 12.1. The number of carbonyl (C=O) groups excluding carboxylic acids is 1. The monoisotopic (exact) mass is 297 g/mol. The predicted octanol–water partition coefficient (Wildman–Crippen LogP) is 2.17. The SMILES string of the molecule is CC1CC(C(=O)Nc2ccncc2Br)CCN1. The van der Waals surface area contributed by atoms with E-state index in [0.717, 1.165) is 29.5 Å². The van der Waals surface area contributed by atoms with E-state index in [4.69, 9.17) is 0 Å². The van der Waals surface area contributed by atoms with E-state index in [2.05, 4.69) is 38.5 Å². The Hall–Kier alpha value is -0.940. The molecule has 0 bridgehead atoms. The van der Waals surface area contributed by atoms with Crippen LogP contribution in [0, 0.1) is 5.92 Å². The van der Waals surface area contributed by atoms with Crippen molar-refractivity contribution in [3.05, 3.63) is 22.9 Å². The van der Waals surface area contributed by atoms with Gasteiger partial charge in [-0.05, 0) is 48.3 Å². The summed E-state index contributed by atoms with van der Waals surface area (Å²) in [7, 11) is 0. The number of amides is 1. The second-order valence-electron chi connectivity index (χ2n) is 4.42. The molecular weight excluding hydrogens is 282 g/mol. The van der Waals surface area contributed by atoms with E-state index in [1.807, 2.05) is 0 Å². The van der Waals surface area contributed by atoms with E-state index >= 15 is 0 Å². The fraction of sp³-hybridized carbons (Fsp3) is 0.500. The Morgan fingerprint density at radius 3 is 3.18 bits per heavy atom. The minimum atomic E-state index is 0.102. The van der Waals surface area contributed by atoms with Crippen molar-refractivity contribution >= 4 is 27.5 Å². The zero-order chi connectivity index (χ0) is 12.3. The van der Waals surface area contributed by atoms with Gasteiger partial charge in [0.25, 0.3) is 0 Å². The standard InChI is InChI=1S/C12H16BrN3O/c1-8-6-9(2-5-15-8)12(17)16-11-3-4-14-7-10(11)13/h3-4,7-9,15H,2,5-6H2,1H3,(H,14,16,17). The summed E-state index contributed by atoms with van der Waals surface area (Å²) in [5.74, 6) is 0.205. The van der Waals surface area contributed by atoms with Gasteiger partial charge in [0.05, 0.1) is 10.2 Å². The van der Waals surface area contributed by atoms with Crippen LogP contribution < -0.4 is 10.6 Å². The van der Waals surface area contributed by atoms with Crippen LogP contribution in [0.15, 0.2) is 22.9 Å². The van der Waals surface area contributed by atoms with Gasteiger partial charge in [-0.15, -0.1) is 0 Å². The van der Waals surface area contributed by atoms with Crippen LogP contribution >= 0.6 is 15.9 Å². The predicted molar refractivity (Wildman–Crippen MR) is 70.8 cm³/mol. The van der Waals surface area contributed by atoms with E-state index in [-0.39, 0.29) is 11.8 Å². The first-order valence-corrected chi connectivity index (χ1v) is 6.60. The number of rotatable bonds is 2. The summed E-state index contributed by atoms with van der Waals surface area (Å²) in [5.41, 5.74) is 0.788. The van der Waals surface area contributed by atoms with Crippen LogP contribution in [0.2, 0.25) is 0 Å². The summed E-state index contributed by atoms with van der Waals surface area (Å²) >= 11 is 3.37. The molecule has 1 aliphatic rings. The van der Waals surface area contributed by atoms with Crippen molar-refractivity contribution in [1.29, 1.82) is 0 Å². The van der Waals surface area contributed by atoms with Crippen LogP contribution in [0.3, 0.4) is 0 Å². The van der Waals surface area contributed by atoms with Gasteiger partial charge in [0.2, 0.25) is 5.91 Å². The number of hydrogen-bond acceptors (Lipinski definition) is 3. The van der Waals surface area contributed by atoms with Crippen LogP contribution in [0.1, 0.15) is 19.8 Å². The fourth-order valence-corrected chi connectivity index (χ4v) is 2.43. The van der Waals surface area contributed by atoms with Gasteiger partial charge in [0.1, 0.15) is 0 Å². The molecule has 2 heterocycles. The summed E-state index contributed by atoms with van der Waals surface area (Å²) in [6.45, 7) is 3.03. The molecule has 0 radical (unpaired) electrons. The van der Waals surface area contributed by atoms with Crippen molar-refractivity contribution in [1.82, 2.24) is 10.3 Å². The molecule has 0 aliphatic carbocycles. The van der Waals surface area contributed by atoms with Crippen LogP contribution in [0.5, 0.6) is 0 Å². The summed E-state index contributed by atoms with van der Waals surface area (Å²) in [6, 6.07) is 2.22. The number of aromatic nitrogens is 1. The first-order valence-electron chi connectivity index (χ1n) is 5.80. The van der Waals surface area contributed by atoms with Crippen LogP contribution in [-0.2, 0) is 4.79 Å². The molecule has 1 saturated heterocycles. The van der Waals surface area contributed by atoms with Gasteiger partial charge in [0.15, 0.2) is 0 Å². The Morgan fingerprint density at radius 2 is 2.47 bits per heavy atom. The molecule has 2 N–H and O–H groups in total. The number of pyridine rings is 1. The third kappa shape index (κ3) is 3.26. The smallest absolute Gasteiger partial charge is 0.227 e. The highest BCUT2D eigenvalue weighted by atomic mass is 79.9. The summed E-state index contributed by atoms with van der Waals surface area (Å²) in [4.78, 5) is 16.1.